The predicted octanol–water partition coefficient (Wildman–Crippen LogP) is 2.64. The summed E-state index contributed by atoms with van der Waals surface area (Å²) in [6, 6.07) is 22.8. The largest absolute Gasteiger partial charge is 0.480 e. The highest BCUT2D eigenvalue weighted by molar-refractivity contribution is 7.80. The van der Waals surface area contributed by atoms with E-state index < -0.39 is 29.9 Å². The average Bonchev–Trinajstić information content (AvgIpc) is 3.18. The van der Waals surface area contributed by atoms with Crippen LogP contribution in [0.2, 0.25) is 0 Å². The van der Waals surface area contributed by atoms with Crippen LogP contribution in [0.15, 0.2) is 79.4 Å². The zero-order valence-corrected chi connectivity index (χ0v) is 34.3. The number of carboxylic acid groups (broad SMARTS) is 4. The Kier molecular flexibility index (Phi) is 16.7. The summed E-state index contributed by atoms with van der Waals surface area (Å²) in [5.41, 5.74) is 6.49. The van der Waals surface area contributed by atoms with Gasteiger partial charge in [0.15, 0.2) is 5.11 Å². The Morgan fingerprint density at radius 3 is 1.87 bits per heavy atom. The molecule has 1 amide bonds. The molecule has 2 aliphatic rings. The van der Waals surface area contributed by atoms with Gasteiger partial charge in [0.05, 0.1) is 32.7 Å². The molecule has 2 aliphatic heterocycles. The minimum atomic E-state index is -1.08. The van der Waals surface area contributed by atoms with E-state index >= 15 is 0 Å². The number of hydrogen-bond acceptors (Lipinski definition) is 10. The van der Waals surface area contributed by atoms with Crippen LogP contribution in [0.4, 0.5) is 11.4 Å². The number of carbonyl (C=O) groups excluding carboxylic acids is 1. The van der Waals surface area contributed by atoms with Crippen molar-refractivity contribution in [2.45, 2.75) is 31.8 Å². The predicted molar refractivity (Wildman–Crippen MR) is 231 cm³/mol. The van der Waals surface area contributed by atoms with Crippen molar-refractivity contribution in [2.75, 3.05) is 88.8 Å². The molecule has 16 nitrogen and oxygen atoms in total. The van der Waals surface area contributed by atoms with Gasteiger partial charge < -0.3 is 36.0 Å². The molecule has 0 aliphatic carbocycles. The Morgan fingerprint density at radius 2 is 1.23 bits per heavy atom. The quantitative estimate of drug-likeness (QED) is 0.129. The molecule has 3 aromatic rings. The fourth-order valence-corrected chi connectivity index (χ4v) is 7.90. The Balaban J connectivity index is 1.24. The number of aliphatic carboxylic acids is 4. The lowest BCUT2D eigenvalue weighted by molar-refractivity contribution is -0.142. The molecule has 3 aromatic carbocycles. The second kappa shape index (κ2) is 22.0. The summed E-state index contributed by atoms with van der Waals surface area (Å²) in [6.07, 6.45) is 1.16. The van der Waals surface area contributed by atoms with E-state index in [1.54, 1.807) is 19.6 Å². The molecule has 6 N–H and O–H groups in total. The molecule has 1 fully saturated rings. The third kappa shape index (κ3) is 13.9. The molecule has 5 rings (SSSR count). The highest BCUT2D eigenvalue weighted by atomic mass is 32.1. The number of carbonyl (C=O) groups is 5. The summed E-state index contributed by atoms with van der Waals surface area (Å²) < 4.78 is 0. The summed E-state index contributed by atoms with van der Waals surface area (Å²) in [6.45, 7) is 5.15. The van der Waals surface area contributed by atoms with Crippen LogP contribution in [-0.4, -0.2) is 160 Å². The van der Waals surface area contributed by atoms with Gasteiger partial charge in [-0.3, -0.25) is 43.6 Å². The molecule has 1 atom stereocenters. The molecule has 0 aromatic heterocycles. The first kappa shape index (κ1) is 45.4. The maximum Gasteiger partial charge on any atom is 0.317 e. The molecule has 1 unspecified atom stereocenters. The van der Waals surface area contributed by atoms with Gasteiger partial charge in [-0.05, 0) is 71.1 Å². The molecule has 0 spiro atoms. The van der Waals surface area contributed by atoms with Gasteiger partial charge in [0.2, 0.25) is 5.91 Å². The Labute approximate surface area is 354 Å². The van der Waals surface area contributed by atoms with Gasteiger partial charge in [-0.15, -0.1) is 0 Å². The third-order valence-corrected chi connectivity index (χ3v) is 10.8. The molecule has 0 saturated carbocycles. The van der Waals surface area contributed by atoms with E-state index in [1.165, 1.54) is 0 Å². The van der Waals surface area contributed by atoms with E-state index in [0.717, 1.165) is 33.5 Å². The van der Waals surface area contributed by atoms with Gasteiger partial charge in [0.1, 0.15) is 0 Å². The zero-order chi connectivity index (χ0) is 43.2. The Morgan fingerprint density at radius 1 is 0.683 bits per heavy atom. The van der Waals surface area contributed by atoms with Gasteiger partial charge in [-0.1, -0.05) is 61.2 Å². The van der Waals surface area contributed by atoms with Gasteiger partial charge in [-0.25, -0.2) is 0 Å². The number of carboxylic acids is 4. The van der Waals surface area contributed by atoms with Crippen molar-refractivity contribution in [1.29, 1.82) is 0 Å². The highest BCUT2D eigenvalue weighted by Crippen LogP contribution is 2.33. The molecule has 17 heteroatoms. The van der Waals surface area contributed by atoms with Gasteiger partial charge >= 0.3 is 23.9 Å². The molecule has 320 valence electrons. The molecule has 2 heterocycles. The standard InChI is InChI=1S/C43H53N7O9S/c1-30-22-32-6-3-5-9-37(32)50(24-33-7-2-4-8-36(30)33)38(51)14-15-44-43(60)45-34-12-10-31(11-13-34)23-35-25-48(28-41(56)57)19-18-46(26-39(52)53)16-17-47(27-40(54)55)20-21-49(35)29-42(58)59/h2-13,35H,1,14-29H2,(H,52,53)(H,54,55)(H,56,57)(H,58,59)(H2,44,45,60). The summed E-state index contributed by atoms with van der Waals surface area (Å²) in [4.78, 5) is 69.6. The van der Waals surface area contributed by atoms with Crippen molar-refractivity contribution < 1.29 is 44.4 Å². The normalized spacial score (nSPS) is 17.4. The number of thiocarbonyl (C=S) groups is 1. The number of hydrogen-bond donors (Lipinski definition) is 6. The van der Waals surface area contributed by atoms with Crippen molar-refractivity contribution in [3.05, 3.63) is 102 Å². The van der Waals surface area contributed by atoms with Crippen LogP contribution in [0, 0.1) is 0 Å². The first-order valence-electron chi connectivity index (χ1n) is 19.8. The fourth-order valence-electron chi connectivity index (χ4n) is 7.68. The van der Waals surface area contributed by atoms with E-state index in [9.17, 15) is 44.4 Å². The van der Waals surface area contributed by atoms with Crippen LogP contribution in [-0.2, 0) is 43.4 Å². The maximum atomic E-state index is 13.7. The molecule has 0 radical (unpaired) electrons. The number of para-hydroxylation sites is 1. The Bertz CT molecular complexity index is 2030. The zero-order valence-electron chi connectivity index (χ0n) is 33.5. The minimum Gasteiger partial charge on any atom is -0.480 e. The second-order valence-corrected chi connectivity index (χ2v) is 15.5. The lowest BCUT2D eigenvalue weighted by Crippen LogP contribution is -2.53. The summed E-state index contributed by atoms with van der Waals surface area (Å²) >= 11 is 5.57. The summed E-state index contributed by atoms with van der Waals surface area (Å²) in [5, 5.41) is 45.3. The van der Waals surface area contributed by atoms with Crippen LogP contribution >= 0.6 is 12.2 Å². The van der Waals surface area contributed by atoms with Crippen molar-refractivity contribution in [3.63, 3.8) is 0 Å². The van der Waals surface area contributed by atoms with Crippen LogP contribution in [0.3, 0.4) is 0 Å². The van der Waals surface area contributed by atoms with Crippen molar-refractivity contribution in [1.82, 2.24) is 24.9 Å². The van der Waals surface area contributed by atoms with E-state index in [4.69, 9.17) is 12.2 Å². The van der Waals surface area contributed by atoms with Gasteiger partial charge in [0.25, 0.3) is 0 Å². The second-order valence-electron chi connectivity index (χ2n) is 15.1. The molecule has 60 heavy (non-hydrogen) atoms. The highest BCUT2D eigenvalue weighted by Gasteiger charge is 2.28. The summed E-state index contributed by atoms with van der Waals surface area (Å²) in [5.74, 6) is -4.34. The third-order valence-electron chi connectivity index (χ3n) is 10.6. The molecular weight excluding hydrogens is 791 g/mol. The van der Waals surface area contributed by atoms with Crippen LogP contribution in [0.5, 0.6) is 0 Å². The van der Waals surface area contributed by atoms with E-state index in [2.05, 4.69) is 17.2 Å². The first-order valence-corrected chi connectivity index (χ1v) is 20.2. The number of nitrogens with one attached hydrogen (secondary N) is 2. The van der Waals surface area contributed by atoms with Crippen LogP contribution in [0.1, 0.15) is 28.7 Å². The lowest BCUT2D eigenvalue weighted by atomic mass is 9.92. The van der Waals surface area contributed by atoms with E-state index in [1.807, 2.05) is 77.7 Å². The Hall–Kier alpha value is -5.72. The van der Waals surface area contributed by atoms with Gasteiger partial charge in [0, 0.05) is 76.2 Å². The molecular formula is C43H53N7O9S. The topological polar surface area (TPSA) is 207 Å². The van der Waals surface area contributed by atoms with Crippen molar-refractivity contribution in [2.24, 2.45) is 0 Å². The van der Waals surface area contributed by atoms with Crippen LogP contribution in [0.25, 0.3) is 5.57 Å². The molecule has 0 bridgehead atoms. The number of allylic oxidation sites excluding steroid dienone is 1. The summed E-state index contributed by atoms with van der Waals surface area (Å²) in [7, 11) is 0. The van der Waals surface area contributed by atoms with Crippen molar-refractivity contribution in [3.8, 4) is 0 Å². The van der Waals surface area contributed by atoms with Crippen LogP contribution < -0.4 is 15.5 Å². The lowest BCUT2D eigenvalue weighted by Gasteiger charge is -2.37. The molecule has 1 saturated heterocycles. The number of benzene rings is 3. The monoisotopic (exact) mass is 843 g/mol. The number of fused-ring (bicyclic) bond motifs is 2. The fraction of sp³-hybridized carbons (Fsp3) is 0.395. The maximum absolute atomic E-state index is 13.7. The number of rotatable bonds is 14. The number of anilines is 2. The van der Waals surface area contributed by atoms with E-state index in [-0.39, 0.29) is 84.3 Å². The first-order chi connectivity index (χ1) is 28.7. The number of nitrogens with zero attached hydrogens (tertiary/aromatic N) is 5. The number of amides is 1. The van der Waals surface area contributed by atoms with Crippen molar-refractivity contribution >= 4 is 64.1 Å². The smallest absolute Gasteiger partial charge is 0.317 e. The average molecular weight is 844 g/mol. The van der Waals surface area contributed by atoms with E-state index in [0.29, 0.717) is 36.7 Å². The SMILES string of the molecule is C=C1Cc2ccccc2N(C(=O)CCNC(=S)Nc2ccc(CC3CN(CC(=O)O)CCN(CC(=O)O)CCN(CC(=O)O)CCN3CC(=O)O)cc2)Cc2ccccc21. The minimum absolute atomic E-state index is 0.0535. The van der Waals surface area contributed by atoms with Gasteiger partial charge in [-0.2, -0.15) is 0 Å².